The molecule has 1 aliphatic heterocycles. The highest BCUT2D eigenvalue weighted by atomic mass is 19.4. The van der Waals surface area contributed by atoms with Gasteiger partial charge in [-0.05, 0) is 54.1 Å². The molecule has 0 radical (unpaired) electrons. The van der Waals surface area contributed by atoms with E-state index in [0.29, 0.717) is 17.1 Å². The first kappa shape index (κ1) is 19.7. The summed E-state index contributed by atoms with van der Waals surface area (Å²) in [5.41, 5.74) is -3.24. The first-order chi connectivity index (χ1) is 13.2. The van der Waals surface area contributed by atoms with E-state index in [1.807, 2.05) is 0 Å². The van der Waals surface area contributed by atoms with Crippen LogP contribution in [0.2, 0.25) is 0 Å². The van der Waals surface area contributed by atoms with Crippen LogP contribution in [-0.4, -0.2) is 47.9 Å². The molecule has 2 aromatic rings. The molecule has 0 aliphatic carbocycles. The van der Waals surface area contributed by atoms with Crippen LogP contribution >= 0.6 is 0 Å². The van der Waals surface area contributed by atoms with Crippen LogP contribution in [0.15, 0.2) is 53.6 Å². The number of amides is 1. The molecule has 6 nitrogen and oxygen atoms in total. The number of benzene rings is 2. The van der Waals surface area contributed by atoms with Crippen LogP contribution in [-0.2, 0) is 0 Å². The van der Waals surface area contributed by atoms with Crippen molar-refractivity contribution in [2.75, 3.05) is 14.2 Å². The molecule has 0 fully saturated rings. The predicted octanol–water partition coefficient (Wildman–Crippen LogP) is 3.20. The number of hydrazone groups is 1. The molecule has 0 bridgehead atoms. The van der Waals surface area contributed by atoms with Crippen molar-refractivity contribution >= 4 is 11.6 Å². The average molecular weight is 394 g/mol. The molecule has 0 spiro atoms. The largest absolute Gasteiger partial charge is 0.497 e. The molecule has 28 heavy (non-hydrogen) atoms. The minimum Gasteiger partial charge on any atom is -0.497 e. The standard InChI is InChI=1S/C19H17F3N2O4/c1-27-14-7-3-12(4-8-14)16-11-18(26,19(20,21)22)24(23-16)17(25)13-5-9-15(28-2)10-6-13/h3-10,26H,11H2,1-2H3. The topological polar surface area (TPSA) is 71.4 Å². The summed E-state index contributed by atoms with van der Waals surface area (Å²) in [5.74, 6) is -0.128. The lowest BCUT2D eigenvalue weighted by Crippen LogP contribution is -2.56. The Balaban J connectivity index is 1.99. The van der Waals surface area contributed by atoms with Crippen LogP contribution in [0.5, 0.6) is 11.5 Å². The Morgan fingerprint density at radius 1 is 1.04 bits per heavy atom. The van der Waals surface area contributed by atoms with Gasteiger partial charge in [-0.2, -0.15) is 23.3 Å². The van der Waals surface area contributed by atoms with Crippen LogP contribution < -0.4 is 9.47 Å². The molecule has 1 heterocycles. The highest BCUT2D eigenvalue weighted by molar-refractivity contribution is 6.05. The Morgan fingerprint density at radius 2 is 1.54 bits per heavy atom. The molecule has 1 N–H and O–H groups in total. The van der Waals surface area contributed by atoms with E-state index in [1.165, 1.54) is 50.6 Å². The smallest absolute Gasteiger partial charge is 0.438 e. The normalized spacial score (nSPS) is 19.4. The van der Waals surface area contributed by atoms with Gasteiger partial charge in [0.25, 0.3) is 11.6 Å². The van der Waals surface area contributed by atoms with Crippen molar-refractivity contribution in [2.24, 2.45) is 5.10 Å². The number of halogens is 3. The van der Waals surface area contributed by atoms with Gasteiger partial charge in [-0.3, -0.25) is 4.79 Å². The van der Waals surface area contributed by atoms with Gasteiger partial charge in [-0.15, -0.1) is 0 Å². The Kier molecular flexibility index (Phi) is 5.03. The highest BCUT2D eigenvalue weighted by Crippen LogP contribution is 2.42. The third-order valence-corrected chi connectivity index (χ3v) is 4.39. The number of hydrogen-bond acceptors (Lipinski definition) is 5. The van der Waals surface area contributed by atoms with Gasteiger partial charge < -0.3 is 14.6 Å². The Hall–Kier alpha value is -3.07. The van der Waals surface area contributed by atoms with Crippen molar-refractivity contribution in [1.29, 1.82) is 0 Å². The Morgan fingerprint density at radius 3 is 2.00 bits per heavy atom. The van der Waals surface area contributed by atoms with Gasteiger partial charge in [0.2, 0.25) is 0 Å². The summed E-state index contributed by atoms with van der Waals surface area (Å²) in [6.45, 7) is 0. The number of aliphatic hydroxyl groups is 1. The number of ether oxygens (including phenoxy) is 2. The first-order valence-corrected chi connectivity index (χ1v) is 8.19. The summed E-state index contributed by atoms with van der Waals surface area (Å²) < 4.78 is 50.9. The van der Waals surface area contributed by atoms with E-state index in [4.69, 9.17) is 9.47 Å². The van der Waals surface area contributed by atoms with E-state index in [-0.39, 0.29) is 16.3 Å². The Bertz CT molecular complexity index is 895. The summed E-state index contributed by atoms with van der Waals surface area (Å²) in [7, 11) is 2.88. The molecule has 148 valence electrons. The van der Waals surface area contributed by atoms with Crippen LogP contribution in [0.25, 0.3) is 0 Å². The maximum Gasteiger partial charge on any atom is 0.438 e. The maximum atomic E-state index is 13.6. The molecule has 9 heteroatoms. The van der Waals surface area contributed by atoms with Crippen LogP contribution in [0.3, 0.4) is 0 Å². The van der Waals surface area contributed by atoms with E-state index in [2.05, 4.69) is 5.10 Å². The molecule has 0 saturated heterocycles. The van der Waals surface area contributed by atoms with Crippen molar-refractivity contribution in [3.05, 3.63) is 59.7 Å². The van der Waals surface area contributed by atoms with E-state index in [9.17, 15) is 23.1 Å². The van der Waals surface area contributed by atoms with E-state index >= 15 is 0 Å². The lowest BCUT2D eigenvalue weighted by molar-refractivity contribution is -0.297. The predicted molar refractivity (Wildman–Crippen MR) is 94.3 cm³/mol. The number of carbonyl (C=O) groups excluding carboxylic acids is 1. The van der Waals surface area contributed by atoms with Crippen molar-refractivity contribution in [1.82, 2.24) is 5.01 Å². The summed E-state index contributed by atoms with van der Waals surface area (Å²) in [6.07, 6.45) is -5.99. The monoisotopic (exact) mass is 394 g/mol. The maximum absolute atomic E-state index is 13.6. The molecule has 0 saturated carbocycles. The zero-order valence-electron chi connectivity index (χ0n) is 15.0. The van der Waals surface area contributed by atoms with E-state index in [1.54, 1.807) is 12.1 Å². The lowest BCUT2D eigenvalue weighted by atomic mass is 10.0. The molecule has 1 amide bonds. The zero-order valence-corrected chi connectivity index (χ0v) is 15.0. The molecule has 1 aliphatic rings. The number of hydrogen-bond donors (Lipinski definition) is 1. The van der Waals surface area contributed by atoms with E-state index in [0.717, 1.165) is 0 Å². The zero-order chi connectivity index (χ0) is 20.5. The minimum absolute atomic E-state index is 0.0654. The van der Waals surface area contributed by atoms with Crippen LogP contribution in [0.1, 0.15) is 22.3 Å². The second kappa shape index (κ2) is 7.16. The third-order valence-electron chi connectivity index (χ3n) is 4.39. The van der Waals surface area contributed by atoms with Gasteiger partial charge in [0, 0.05) is 5.56 Å². The number of alkyl halides is 3. The van der Waals surface area contributed by atoms with Crippen LogP contribution in [0.4, 0.5) is 13.2 Å². The number of nitrogens with zero attached hydrogens (tertiary/aromatic N) is 2. The molecular weight excluding hydrogens is 377 g/mol. The third kappa shape index (κ3) is 3.40. The van der Waals surface area contributed by atoms with Gasteiger partial charge in [0.1, 0.15) is 11.5 Å². The second-order valence-corrected chi connectivity index (χ2v) is 6.11. The van der Waals surface area contributed by atoms with Gasteiger partial charge in [0.05, 0.1) is 26.4 Å². The average Bonchev–Trinajstić information content (AvgIpc) is 3.06. The van der Waals surface area contributed by atoms with Gasteiger partial charge in [-0.1, -0.05) is 0 Å². The fourth-order valence-corrected chi connectivity index (χ4v) is 2.78. The van der Waals surface area contributed by atoms with Crippen molar-refractivity contribution < 1.29 is 32.5 Å². The summed E-state index contributed by atoms with van der Waals surface area (Å²) >= 11 is 0. The van der Waals surface area contributed by atoms with Crippen molar-refractivity contribution in [2.45, 2.75) is 18.3 Å². The number of carbonyl (C=O) groups is 1. The van der Waals surface area contributed by atoms with Crippen molar-refractivity contribution in [3.63, 3.8) is 0 Å². The number of rotatable bonds is 4. The molecular formula is C19H17F3N2O4. The lowest BCUT2D eigenvalue weighted by Gasteiger charge is -2.32. The SMILES string of the molecule is COc1ccc(C(=O)N2N=C(c3ccc(OC)cc3)CC2(O)C(F)(F)F)cc1. The number of methoxy groups -OCH3 is 2. The highest BCUT2D eigenvalue weighted by Gasteiger charge is 2.63. The van der Waals surface area contributed by atoms with E-state index < -0.39 is 24.2 Å². The quantitative estimate of drug-likeness (QED) is 0.865. The second-order valence-electron chi connectivity index (χ2n) is 6.11. The van der Waals surface area contributed by atoms with Crippen LogP contribution in [0, 0.1) is 0 Å². The molecule has 1 atom stereocenters. The molecule has 0 aromatic heterocycles. The Labute approximate surface area is 158 Å². The fourth-order valence-electron chi connectivity index (χ4n) is 2.78. The molecule has 1 unspecified atom stereocenters. The summed E-state index contributed by atoms with van der Waals surface area (Å²) in [4.78, 5) is 12.7. The minimum atomic E-state index is -5.10. The van der Waals surface area contributed by atoms with Gasteiger partial charge in [-0.25, -0.2) is 0 Å². The van der Waals surface area contributed by atoms with Gasteiger partial charge >= 0.3 is 6.18 Å². The van der Waals surface area contributed by atoms with Gasteiger partial charge in [0.15, 0.2) is 0 Å². The summed E-state index contributed by atoms with van der Waals surface area (Å²) in [6, 6.07) is 11.6. The molecule has 2 aromatic carbocycles. The first-order valence-electron chi connectivity index (χ1n) is 8.19. The molecule has 3 rings (SSSR count). The van der Waals surface area contributed by atoms with Crippen molar-refractivity contribution in [3.8, 4) is 11.5 Å². The summed E-state index contributed by atoms with van der Waals surface area (Å²) in [5, 5.41) is 14.3. The fraction of sp³-hybridized carbons (Fsp3) is 0.263.